The van der Waals surface area contributed by atoms with Crippen LogP contribution in [-0.4, -0.2) is 22.0 Å². The van der Waals surface area contributed by atoms with Gasteiger partial charge in [0.25, 0.3) is 0 Å². The van der Waals surface area contributed by atoms with Crippen molar-refractivity contribution in [2.75, 3.05) is 0 Å². The zero-order chi connectivity index (χ0) is 13.3. The Labute approximate surface area is 104 Å². The summed E-state index contributed by atoms with van der Waals surface area (Å²) in [4.78, 5) is 10.9. The number of carboxylic acid groups (broad SMARTS) is 1. The Hall–Kier alpha value is -1.63. The van der Waals surface area contributed by atoms with Crippen LogP contribution < -0.4 is 4.74 Å². The van der Waals surface area contributed by atoms with E-state index in [1.807, 2.05) is 0 Å². The average molecular weight is 276 g/mol. The lowest BCUT2D eigenvalue weighted by atomic mass is 10.1. The summed E-state index contributed by atoms with van der Waals surface area (Å²) in [5.41, 5.74) is -6.12. The van der Waals surface area contributed by atoms with E-state index in [9.17, 15) is 18.0 Å². The lowest BCUT2D eigenvalue weighted by Gasteiger charge is -2.25. The van der Waals surface area contributed by atoms with Gasteiger partial charge in [0.1, 0.15) is 5.75 Å². The summed E-state index contributed by atoms with van der Waals surface area (Å²) >= 11 is -0.494. The second-order valence-electron chi connectivity index (χ2n) is 3.46. The third-order valence-corrected chi connectivity index (χ3v) is 3.04. The average Bonchev–Trinajstić information content (AvgIpc) is 2.25. The van der Waals surface area contributed by atoms with Crippen molar-refractivity contribution in [1.29, 1.82) is 0 Å². The molecule has 0 amide bonds. The third kappa shape index (κ3) is 2.79. The maximum atomic E-state index is 12.3. The minimum Gasteiger partial charge on any atom is -0.478 e. The van der Waals surface area contributed by atoms with Crippen LogP contribution in [0.3, 0.4) is 0 Å². The summed E-state index contributed by atoms with van der Waals surface area (Å²) in [6.45, 7) is 0. The van der Waals surface area contributed by atoms with Gasteiger partial charge in [0.15, 0.2) is 5.44 Å². The molecule has 0 aromatic heterocycles. The number of carbonyl (C=O) groups is 1. The molecule has 7 heteroatoms. The van der Waals surface area contributed by atoms with E-state index in [-0.39, 0.29) is 5.75 Å². The Morgan fingerprint density at radius 2 is 2.00 bits per heavy atom. The first-order valence-corrected chi connectivity index (χ1v) is 5.70. The second-order valence-corrected chi connectivity index (χ2v) is 4.58. The number of rotatable bonds is 2. The van der Waals surface area contributed by atoms with Gasteiger partial charge < -0.3 is 9.84 Å². The standard InChI is InChI=1S/C11H7F3O3S/c12-11(13,14)18-10-7(9(15)16)5-6-3-1-2-4-8(6)17-10/h1-5,10H,(H,15,16). The fourth-order valence-corrected chi connectivity index (χ4v) is 2.18. The Morgan fingerprint density at radius 3 is 2.61 bits per heavy atom. The molecule has 0 saturated heterocycles. The lowest BCUT2D eigenvalue weighted by Crippen LogP contribution is -2.27. The van der Waals surface area contributed by atoms with E-state index >= 15 is 0 Å². The summed E-state index contributed by atoms with van der Waals surface area (Å²) < 4.78 is 42.0. The molecule has 1 aliphatic rings. The number of fused-ring (bicyclic) bond motifs is 1. The third-order valence-electron chi connectivity index (χ3n) is 2.21. The predicted octanol–water partition coefficient (Wildman–Crippen LogP) is 3.13. The smallest absolute Gasteiger partial charge is 0.445 e. The zero-order valence-electron chi connectivity index (χ0n) is 8.77. The first-order chi connectivity index (χ1) is 8.37. The largest absolute Gasteiger partial charge is 0.478 e. The van der Waals surface area contributed by atoms with Crippen molar-refractivity contribution < 1.29 is 27.8 Å². The van der Waals surface area contributed by atoms with E-state index < -0.39 is 34.2 Å². The van der Waals surface area contributed by atoms with Crippen LogP contribution in [0.25, 0.3) is 6.08 Å². The Morgan fingerprint density at radius 1 is 1.33 bits per heavy atom. The molecule has 1 unspecified atom stereocenters. The number of halogens is 3. The van der Waals surface area contributed by atoms with E-state index in [1.54, 1.807) is 18.2 Å². The highest BCUT2D eigenvalue weighted by Crippen LogP contribution is 2.41. The molecule has 3 nitrogen and oxygen atoms in total. The normalized spacial score (nSPS) is 18.6. The van der Waals surface area contributed by atoms with Crippen molar-refractivity contribution in [3.8, 4) is 5.75 Å². The number of para-hydroxylation sites is 1. The molecule has 1 heterocycles. The number of benzene rings is 1. The van der Waals surface area contributed by atoms with Gasteiger partial charge in [-0.2, -0.15) is 13.2 Å². The number of carboxylic acids is 1. The highest BCUT2D eigenvalue weighted by Gasteiger charge is 2.39. The Bertz CT molecular complexity index is 511. The van der Waals surface area contributed by atoms with Gasteiger partial charge in [0.2, 0.25) is 0 Å². The number of alkyl halides is 3. The van der Waals surface area contributed by atoms with E-state index in [4.69, 9.17) is 9.84 Å². The van der Waals surface area contributed by atoms with Crippen molar-refractivity contribution in [2.45, 2.75) is 10.9 Å². The summed E-state index contributed by atoms with van der Waals surface area (Å²) in [5.74, 6) is -1.18. The molecule has 0 aliphatic carbocycles. The van der Waals surface area contributed by atoms with Gasteiger partial charge in [-0.05, 0) is 23.9 Å². The van der Waals surface area contributed by atoms with Gasteiger partial charge in [-0.1, -0.05) is 18.2 Å². The number of thioether (sulfide) groups is 1. The number of ether oxygens (including phenoxy) is 1. The van der Waals surface area contributed by atoms with Gasteiger partial charge in [-0.25, -0.2) is 4.79 Å². The predicted molar refractivity (Wildman–Crippen MR) is 60.1 cm³/mol. The van der Waals surface area contributed by atoms with Gasteiger partial charge >= 0.3 is 11.5 Å². The van der Waals surface area contributed by atoms with Crippen LogP contribution >= 0.6 is 11.8 Å². The molecule has 0 fully saturated rings. The highest BCUT2D eigenvalue weighted by molar-refractivity contribution is 8.00. The van der Waals surface area contributed by atoms with Crippen LogP contribution in [0.1, 0.15) is 5.56 Å². The minimum absolute atomic E-state index is 0.240. The molecule has 0 saturated carbocycles. The van der Waals surface area contributed by atoms with Crippen LogP contribution in [0.4, 0.5) is 13.2 Å². The fourth-order valence-electron chi connectivity index (χ4n) is 1.49. The van der Waals surface area contributed by atoms with E-state index in [2.05, 4.69) is 0 Å². The maximum Gasteiger partial charge on any atom is 0.445 e. The van der Waals surface area contributed by atoms with Crippen molar-refractivity contribution in [3.05, 3.63) is 35.4 Å². The molecule has 1 aromatic rings. The van der Waals surface area contributed by atoms with E-state index in [0.29, 0.717) is 5.56 Å². The van der Waals surface area contributed by atoms with Crippen molar-refractivity contribution in [1.82, 2.24) is 0 Å². The molecule has 1 aromatic carbocycles. The minimum atomic E-state index is -4.56. The number of hydrogen-bond acceptors (Lipinski definition) is 3. The van der Waals surface area contributed by atoms with Crippen molar-refractivity contribution >= 4 is 23.8 Å². The molecule has 0 spiro atoms. The van der Waals surface area contributed by atoms with Crippen molar-refractivity contribution in [3.63, 3.8) is 0 Å². The number of hydrogen-bond donors (Lipinski definition) is 1. The molecule has 2 rings (SSSR count). The van der Waals surface area contributed by atoms with Crippen LogP contribution in [-0.2, 0) is 4.79 Å². The van der Waals surface area contributed by atoms with Gasteiger partial charge in [-0.15, -0.1) is 0 Å². The van der Waals surface area contributed by atoms with E-state index in [1.165, 1.54) is 12.1 Å². The van der Waals surface area contributed by atoms with Gasteiger partial charge in [0.05, 0.1) is 5.57 Å². The first-order valence-electron chi connectivity index (χ1n) is 4.82. The molecule has 1 atom stereocenters. The van der Waals surface area contributed by atoms with Crippen LogP contribution in [0.15, 0.2) is 29.8 Å². The summed E-state index contributed by atoms with van der Waals surface area (Å²) in [6.07, 6.45) is 1.20. The zero-order valence-corrected chi connectivity index (χ0v) is 9.59. The Kier molecular flexibility index (Phi) is 3.25. The SMILES string of the molecule is O=C(O)C1=Cc2ccccc2OC1SC(F)(F)F. The summed E-state index contributed by atoms with van der Waals surface area (Å²) in [6, 6.07) is 6.32. The lowest BCUT2D eigenvalue weighted by molar-refractivity contribution is -0.133. The molecule has 0 radical (unpaired) electrons. The number of aliphatic carboxylic acids is 1. The molecule has 0 bridgehead atoms. The molecule has 1 aliphatic heterocycles. The first kappa shape index (κ1) is 12.8. The quantitative estimate of drug-likeness (QED) is 0.901. The van der Waals surface area contributed by atoms with Crippen LogP contribution in [0, 0.1) is 0 Å². The van der Waals surface area contributed by atoms with Gasteiger partial charge in [-0.3, -0.25) is 0 Å². The summed E-state index contributed by atoms with van der Waals surface area (Å²) in [7, 11) is 0. The molecular formula is C11H7F3O3S. The van der Waals surface area contributed by atoms with Crippen LogP contribution in [0.2, 0.25) is 0 Å². The highest BCUT2D eigenvalue weighted by atomic mass is 32.2. The molecule has 18 heavy (non-hydrogen) atoms. The second kappa shape index (κ2) is 4.56. The molecule has 1 N–H and O–H groups in total. The maximum absolute atomic E-state index is 12.3. The Balaban J connectivity index is 2.36. The van der Waals surface area contributed by atoms with E-state index in [0.717, 1.165) is 0 Å². The molecule has 96 valence electrons. The van der Waals surface area contributed by atoms with Gasteiger partial charge in [0, 0.05) is 5.56 Å². The van der Waals surface area contributed by atoms with Crippen LogP contribution in [0.5, 0.6) is 5.75 Å². The topological polar surface area (TPSA) is 46.5 Å². The summed E-state index contributed by atoms with van der Waals surface area (Å²) in [5, 5.41) is 8.90. The monoisotopic (exact) mass is 276 g/mol. The fraction of sp³-hybridized carbons (Fsp3) is 0.182. The molecular weight excluding hydrogens is 269 g/mol. The van der Waals surface area contributed by atoms with Crippen molar-refractivity contribution in [2.24, 2.45) is 0 Å².